The van der Waals surface area contributed by atoms with Crippen LogP contribution in [-0.2, 0) is 11.8 Å². The summed E-state index contributed by atoms with van der Waals surface area (Å²) in [6.45, 7) is 1.91. The number of imidazole rings is 1. The van der Waals surface area contributed by atoms with Crippen molar-refractivity contribution in [3.05, 3.63) is 71.7 Å². The fraction of sp³-hybridized carbons (Fsp3) is 0.296. The predicted octanol–water partition coefficient (Wildman–Crippen LogP) is 6.37. The monoisotopic (exact) mass is 509 g/mol. The van der Waals surface area contributed by atoms with E-state index in [0.29, 0.717) is 47.1 Å². The van der Waals surface area contributed by atoms with E-state index in [2.05, 4.69) is 25.3 Å². The van der Waals surface area contributed by atoms with Gasteiger partial charge in [0.25, 0.3) is 0 Å². The highest BCUT2D eigenvalue weighted by atomic mass is 19.4. The molecule has 0 unspecified atom stereocenters. The van der Waals surface area contributed by atoms with Crippen molar-refractivity contribution in [2.24, 2.45) is 0 Å². The second kappa shape index (κ2) is 9.51. The summed E-state index contributed by atoms with van der Waals surface area (Å²) in [5.74, 6) is 1.47. The molecule has 4 aromatic rings. The van der Waals surface area contributed by atoms with E-state index >= 15 is 0 Å². The van der Waals surface area contributed by atoms with Gasteiger partial charge in [0.2, 0.25) is 5.95 Å². The Labute approximate surface area is 211 Å². The number of hydrogen-bond donors (Lipinski definition) is 3. The van der Waals surface area contributed by atoms with Crippen molar-refractivity contribution in [2.45, 2.75) is 44.4 Å². The van der Waals surface area contributed by atoms with Crippen molar-refractivity contribution in [1.29, 1.82) is 0 Å². The Hall–Kier alpha value is -3.92. The maximum absolute atomic E-state index is 13.1. The maximum atomic E-state index is 13.1. The molecule has 1 saturated carbocycles. The molecule has 2 aromatic heterocycles. The molecule has 0 bridgehead atoms. The van der Waals surface area contributed by atoms with Gasteiger partial charge in [-0.25, -0.2) is 15.0 Å². The van der Waals surface area contributed by atoms with Gasteiger partial charge >= 0.3 is 6.18 Å². The lowest BCUT2D eigenvalue weighted by Gasteiger charge is -2.23. The summed E-state index contributed by atoms with van der Waals surface area (Å²) < 4.78 is 44.8. The lowest BCUT2D eigenvalue weighted by atomic mass is 9.96. The zero-order valence-corrected chi connectivity index (χ0v) is 20.4. The van der Waals surface area contributed by atoms with Crippen LogP contribution in [0.25, 0.3) is 22.6 Å². The van der Waals surface area contributed by atoms with Gasteiger partial charge in [-0.15, -0.1) is 0 Å². The highest BCUT2D eigenvalue weighted by molar-refractivity contribution is 5.71. The molecule has 0 radical (unpaired) electrons. The molecule has 1 fully saturated rings. The first-order valence-electron chi connectivity index (χ1n) is 11.9. The molecule has 3 N–H and O–H groups in total. The number of ether oxygens (including phenoxy) is 1. The van der Waals surface area contributed by atoms with Gasteiger partial charge in [-0.3, -0.25) is 0 Å². The van der Waals surface area contributed by atoms with E-state index in [4.69, 9.17) is 4.74 Å². The van der Waals surface area contributed by atoms with Crippen molar-refractivity contribution in [2.75, 3.05) is 12.4 Å². The second-order valence-corrected chi connectivity index (χ2v) is 9.23. The molecule has 7 nitrogen and oxygen atoms in total. The third-order valence-corrected chi connectivity index (χ3v) is 6.56. The fourth-order valence-corrected chi connectivity index (χ4v) is 4.58. The van der Waals surface area contributed by atoms with Crippen LogP contribution in [0.4, 0.5) is 24.8 Å². The predicted molar refractivity (Wildman–Crippen MR) is 133 cm³/mol. The minimum atomic E-state index is -4.43. The van der Waals surface area contributed by atoms with Crippen LogP contribution in [0.3, 0.4) is 0 Å². The molecule has 0 aliphatic heterocycles. The van der Waals surface area contributed by atoms with Crippen LogP contribution in [0, 0.1) is 6.92 Å². The van der Waals surface area contributed by atoms with Crippen LogP contribution < -0.4 is 10.1 Å². The molecule has 0 spiro atoms. The molecular weight excluding hydrogens is 483 g/mol. The number of aryl methyl sites for hydroxylation is 1. The summed E-state index contributed by atoms with van der Waals surface area (Å²) >= 11 is 0. The highest BCUT2D eigenvalue weighted by Crippen LogP contribution is 2.40. The van der Waals surface area contributed by atoms with E-state index in [1.54, 1.807) is 25.4 Å². The number of alkyl halides is 3. The number of nitrogens with zero attached hydrogens (tertiary/aromatic N) is 3. The fourth-order valence-electron chi connectivity index (χ4n) is 4.58. The third-order valence-electron chi connectivity index (χ3n) is 6.56. The maximum Gasteiger partial charge on any atom is 0.416 e. The van der Waals surface area contributed by atoms with Crippen molar-refractivity contribution in [3.8, 4) is 28.4 Å². The lowest BCUT2D eigenvalue weighted by molar-refractivity contribution is -0.137. The van der Waals surface area contributed by atoms with Crippen LogP contribution in [-0.4, -0.2) is 32.2 Å². The highest BCUT2D eigenvalue weighted by Gasteiger charge is 2.35. The molecule has 0 atom stereocenters. The van der Waals surface area contributed by atoms with Crippen LogP contribution >= 0.6 is 0 Å². The first kappa shape index (κ1) is 24.8. The summed E-state index contributed by atoms with van der Waals surface area (Å²) in [5, 5.41) is 14.4. The number of benzene rings is 2. The normalized spacial score (nSPS) is 15.1. The molecule has 0 saturated heterocycles. The van der Waals surface area contributed by atoms with Gasteiger partial charge in [0.05, 0.1) is 29.6 Å². The molecular formula is C27H26F3N5O2. The zero-order valence-electron chi connectivity index (χ0n) is 20.4. The van der Waals surface area contributed by atoms with Gasteiger partial charge < -0.3 is 20.1 Å². The van der Waals surface area contributed by atoms with Gasteiger partial charge in [-0.1, -0.05) is 25.0 Å². The summed E-state index contributed by atoms with van der Waals surface area (Å²) in [5.41, 5.74) is 1.82. The van der Waals surface area contributed by atoms with Crippen LogP contribution in [0.2, 0.25) is 0 Å². The Balaban J connectivity index is 1.52. The van der Waals surface area contributed by atoms with Crippen LogP contribution in [0.5, 0.6) is 5.75 Å². The third kappa shape index (κ3) is 5.15. The summed E-state index contributed by atoms with van der Waals surface area (Å²) in [6.07, 6.45) is 0.146. The molecule has 5 rings (SSSR count). The number of nitrogens with one attached hydrogen (secondary N) is 2. The smallest absolute Gasteiger partial charge is 0.416 e. The SMILES string of the molecule is COc1cc(Nc2nc(-c3ccc(C(F)(F)F)cc3)cc(C3(O)CCCC3)n2)ccc1-c1ncc(C)[nH]1. The Morgan fingerprint density at radius 1 is 1.03 bits per heavy atom. The number of aromatic amines is 1. The molecule has 0 amide bonds. The number of halogens is 3. The van der Waals surface area contributed by atoms with Crippen LogP contribution in [0.1, 0.15) is 42.6 Å². The van der Waals surface area contributed by atoms with Gasteiger partial charge in [-0.05, 0) is 50.1 Å². The summed E-state index contributed by atoms with van der Waals surface area (Å²) in [6, 6.07) is 11.9. The molecule has 1 aliphatic rings. The molecule has 2 heterocycles. The Morgan fingerprint density at radius 3 is 2.38 bits per heavy atom. The number of anilines is 2. The second-order valence-electron chi connectivity index (χ2n) is 9.23. The Bertz CT molecular complexity index is 1410. The largest absolute Gasteiger partial charge is 0.496 e. The number of rotatable bonds is 6. The van der Waals surface area contributed by atoms with Gasteiger partial charge in [0, 0.05) is 29.2 Å². The van der Waals surface area contributed by atoms with Crippen LogP contribution in [0.15, 0.2) is 54.7 Å². The van der Waals surface area contributed by atoms with Crippen molar-refractivity contribution in [1.82, 2.24) is 19.9 Å². The zero-order chi connectivity index (χ0) is 26.2. The van der Waals surface area contributed by atoms with E-state index < -0.39 is 17.3 Å². The minimum Gasteiger partial charge on any atom is -0.496 e. The standard InChI is InChI=1S/C27H26F3N5O2/c1-16-15-31-24(32-16)20-10-9-19(13-22(20)37-2)33-25-34-21(14-23(35-25)26(36)11-3-4-12-26)17-5-7-18(8-6-17)27(28,29)30/h5-10,13-15,36H,3-4,11-12H2,1-2H3,(H,31,32)(H,33,34,35). The topological polar surface area (TPSA) is 95.9 Å². The van der Waals surface area contributed by atoms with Crippen molar-refractivity contribution < 1.29 is 23.0 Å². The van der Waals surface area contributed by atoms with E-state index in [-0.39, 0.29) is 5.95 Å². The van der Waals surface area contributed by atoms with E-state index in [9.17, 15) is 18.3 Å². The number of H-pyrrole nitrogens is 1. The quantitative estimate of drug-likeness (QED) is 0.279. The number of hydrogen-bond acceptors (Lipinski definition) is 6. The molecule has 10 heteroatoms. The van der Waals surface area contributed by atoms with Crippen molar-refractivity contribution in [3.63, 3.8) is 0 Å². The average Bonchev–Trinajstić information content (AvgIpc) is 3.52. The molecule has 37 heavy (non-hydrogen) atoms. The van der Waals surface area contributed by atoms with Crippen molar-refractivity contribution >= 4 is 11.6 Å². The van der Waals surface area contributed by atoms with Gasteiger partial charge in [-0.2, -0.15) is 13.2 Å². The number of aliphatic hydroxyl groups is 1. The molecule has 192 valence electrons. The molecule has 1 aliphatic carbocycles. The van der Waals surface area contributed by atoms with E-state index in [0.717, 1.165) is 36.2 Å². The van der Waals surface area contributed by atoms with Gasteiger partial charge in [0.1, 0.15) is 17.2 Å². The van der Waals surface area contributed by atoms with E-state index in [1.807, 2.05) is 19.1 Å². The average molecular weight is 510 g/mol. The molecule has 2 aromatic carbocycles. The first-order chi connectivity index (χ1) is 17.6. The minimum absolute atomic E-state index is 0.219. The van der Waals surface area contributed by atoms with E-state index in [1.165, 1.54) is 12.1 Å². The number of aromatic nitrogens is 4. The Kier molecular flexibility index (Phi) is 6.36. The first-order valence-corrected chi connectivity index (χ1v) is 11.9. The lowest BCUT2D eigenvalue weighted by Crippen LogP contribution is -2.23. The Morgan fingerprint density at radius 2 is 1.76 bits per heavy atom. The number of methoxy groups -OCH3 is 1. The summed E-state index contributed by atoms with van der Waals surface area (Å²) in [4.78, 5) is 16.7. The summed E-state index contributed by atoms with van der Waals surface area (Å²) in [7, 11) is 1.56. The van der Waals surface area contributed by atoms with Gasteiger partial charge in [0.15, 0.2) is 0 Å².